The molecule has 2 nitrogen and oxygen atoms in total. The van der Waals surface area contributed by atoms with Crippen LogP contribution in [0.1, 0.15) is 47.1 Å². The van der Waals surface area contributed by atoms with E-state index in [-0.39, 0.29) is 16.6 Å². The molecule has 0 aromatic heterocycles. The molecule has 1 rings (SSSR count). The second kappa shape index (κ2) is 4.69. The van der Waals surface area contributed by atoms with Crippen LogP contribution < -0.4 is 0 Å². The Morgan fingerprint density at radius 3 is 1.94 bits per heavy atom. The lowest BCUT2D eigenvalue weighted by molar-refractivity contribution is 0.222. The minimum Gasteiger partial charge on any atom is -0.224 e. The molecule has 0 aliphatic carbocycles. The molecule has 0 bridgehead atoms. The number of hydrogen-bond donors (Lipinski definition) is 0. The average molecular weight is 268 g/mol. The molecule has 0 fully saturated rings. The molecule has 0 aliphatic heterocycles. The van der Waals surface area contributed by atoms with Gasteiger partial charge in [0.2, 0.25) is 0 Å². The first-order valence-electron chi connectivity index (χ1n) is 6.36. The van der Waals surface area contributed by atoms with Crippen LogP contribution in [0.15, 0.2) is 29.2 Å². The SMILES string of the molecule is CCS(=O)(=O)c1ccccc1C(C)(C)C(C)(C)C. The van der Waals surface area contributed by atoms with Crippen LogP contribution in [0, 0.1) is 5.41 Å². The fourth-order valence-electron chi connectivity index (χ4n) is 1.81. The van der Waals surface area contributed by atoms with Crippen molar-refractivity contribution in [2.75, 3.05) is 5.75 Å². The number of hydrogen-bond acceptors (Lipinski definition) is 2. The summed E-state index contributed by atoms with van der Waals surface area (Å²) in [6.45, 7) is 12.3. The van der Waals surface area contributed by atoms with Crippen molar-refractivity contribution in [1.82, 2.24) is 0 Å². The van der Waals surface area contributed by atoms with Gasteiger partial charge in [0, 0.05) is 0 Å². The lowest BCUT2D eigenvalue weighted by atomic mass is 9.65. The molecule has 0 saturated carbocycles. The predicted octanol–water partition coefficient (Wildman–Crippen LogP) is 3.80. The van der Waals surface area contributed by atoms with Gasteiger partial charge in [-0.2, -0.15) is 0 Å². The quantitative estimate of drug-likeness (QED) is 0.835. The summed E-state index contributed by atoms with van der Waals surface area (Å²) in [4.78, 5) is 0.479. The molecule has 0 amide bonds. The van der Waals surface area contributed by atoms with Gasteiger partial charge in [0.15, 0.2) is 9.84 Å². The maximum atomic E-state index is 12.2. The summed E-state index contributed by atoms with van der Waals surface area (Å²) in [5.41, 5.74) is 0.706. The van der Waals surface area contributed by atoms with E-state index in [4.69, 9.17) is 0 Å². The molecule has 0 N–H and O–H groups in total. The largest absolute Gasteiger partial charge is 0.224 e. The number of sulfone groups is 1. The molecule has 3 heteroatoms. The van der Waals surface area contributed by atoms with Crippen molar-refractivity contribution >= 4 is 9.84 Å². The van der Waals surface area contributed by atoms with Gasteiger partial charge in [-0.05, 0) is 22.5 Å². The zero-order valence-electron chi connectivity index (χ0n) is 12.2. The van der Waals surface area contributed by atoms with Crippen molar-refractivity contribution < 1.29 is 8.42 Å². The highest BCUT2D eigenvalue weighted by Gasteiger charge is 2.37. The minimum atomic E-state index is -3.17. The van der Waals surface area contributed by atoms with Crippen LogP contribution in [0.4, 0.5) is 0 Å². The third-order valence-corrected chi connectivity index (χ3v) is 5.94. The predicted molar refractivity (Wildman–Crippen MR) is 76.6 cm³/mol. The summed E-state index contributed by atoms with van der Waals surface area (Å²) in [7, 11) is -3.17. The van der Waals surface area contributed by atoms with E-state index in [2.05, 4.69) is 34.6 Å². The Bertz CT molecular complexity index is 520. The Labute approximate surface area is 111 Å². The van der Waals surface area contributed by atoms with Crippen molar-refractivity contribution in [2.45, 2.75) is 51.9 Å². The van der Waals surface area contributed by atoms with E-state index in [1.807, 2.05) is 12.1 Å². The normalized spacial score (nSPS) is 13.7. The molecule has 102 valence electrons. The van der Waals surface area contributed by atoms with E-state index in [9.17, 15) is 8.42 Å². The van der Waals surface area contributed by atoms with Crippen LogP contribution in [0.3, 0.4) is 0 Å². The van der Waals surface area contributed by atoms with Crippen LogP contribution >= 0.6 is 0 Å². The van der Waals surface area contributed by atoms with Gasteiger partial charge in [-0.25, -0.2) is 8.42 Å². The van der Waals surface area contributed by atoms with Crippen LogP contribution in [0.5, 0.6) is 0 Å². The van der Waals surface area contributed by atoms with Crippen LogP contribution in [0.2, 0.25) is 0 Å². The van der Waals surface area contributed by atoms with Crippen LogP contribution in [-0.4, -0.2) is 14.2 Å². The maximum absolute atomic E-state index is 12.2. The van der Waals surface area contributed by atoms with E-state index in [0.29, 0.717) is 4.90 Å². The third kappa shape index (κ3) is 2.61. The Morgan fingerprint density at radius 1 is 1.00 bits per heavy atom. The molecule has 0 saturated heterocycles. The summed E-state index contributed by atoms with van der Waals surface area (Å²) in [5.74, 6) is 0.143. The highest BCUT2D eigenvalue weighted by Crippen LogP contribution is 2.43. The van der Waals surface area contributed by atoms with E-state index in [1.165, 1.54) is 0 Å². The van der Waals surface area contributed by atoms with Gasteiger partial charge in [-0.1, -0.05) is 59.7 Å². The summed E-state index contributed by atoms with van der Waals surface area (Å²) >= 11 is 0. The lowest BCUT2D eigenvalue weighted by Gasteiger charge is -2.40. The number of benzene rings is 1. The van der Waals surface area contributed by atoms with Gasteiger partial charge < -0.3 is 0 Å². The van der Waals surface area contributed by atoms with Gasteiger partial charge in [0.1, 0.15) is 0 Å². The lowest BCUT2D eigenvalue weighted by Crippen LogP contribution is -2.35. The molecular weight excluding hydrogens is 244 g/mol. The first kappa shape index (κ1) is 15.2. The first-order valence-corrected chi connectivity index (χ1v) is 8.01. The smallest absolute Gasteiger partial charge is 0.178 e. The first-order chi connectivity index (χ1) is 8.04. The molecule has 0 heterocycles. The zero-order valence-corrected chi connectivity index (χ0v) is 13.1. The molecule has 0 aliphatic rings. The minimum absolute atomic E-state index is 0.00757. The molecule has 0 unspecified atom stereocenters. The highest BCUT2D eigenvalue weighted by atomic mass is 32.2. The summed E-state index contributed by atoms with van der Waals surface area (Å²) in [6.07, 6.45) is 0. The van der Waals surface area contributed by atoms with E-state index in [0.717, 1.165) is 5.56 Å². The van der Waals surface area contributed by atoms with Gasteiger partial charge in [0.25, 0.3) is 0 Å². The van der Waals surface area contributed by atoms with Gasteiger partial charge in [-0.3, -0.25) is 0 Å². The molecule has 0 atom stereocenters. The summed E-state index contributed by atoms with van der Waals surface area (Å²) < 4.78 is 24.4. The number of rotatable bonds is 3. The molecule has 1 aromatic carbocycles. The summed E-state index contributed by atoms with van der Waals surface area (Å²) in [5, 5.41) is 0. The topological polar surface area (TPSA) is 34.1 Å². The fraction of sp³-hybridized carbons (Fsp3) is 0.600. The Balaban J connectivity index is 3.54. The standard InChI is InChI=1S/C15H24O2S/c1-7-18(16,17)13-11-9-8-10-12(13)15(5,6)14(2,3)4/h8-11H,7H2,1-6H3. The Kier molecular flexibility index (Phi) is 3.97. The maximum Gasteiger partial charge on any atom is 0.178 e. The van der Waals surface area contributed by atoms with Crippen LogP contribution in [0.25, 0.3) is 0 Å². The second-order valence-electron chi connectivity index (χ2n) is 6.27. The van der Waals surface area contributed by atoms with E-state index < -0.39 is 9.84 Å². The molecular formula is C15H24O2S. The Hall–Kier alpha value is -0.830. The van der Waals surface area contributed by atoms with Crippen molar-refractivity contribution in [3.63, 3.8) is 0 Å². The van der Waals surface area contributed by atoms with E-state index in [1.54, 1.807) is 19.1 Å². The zero-order chi connectivity index (χ0) is 14.2. The summed E-state index contributed by atoms with van der Waals surface area (Å²) in [6, 6.07) is 7.37. The highest BCUT2D eigenvalue weighted by molar-refractivity contribution is 7.91. The van der Waals surface area contributed by atoms with Crippen molar-refractivity contribution in [1.29, 1.82) is 0 Å². The van der Waals surface area contributed by atoms with Gasteiger partial charge in [0.05, 0.1) is 10.6 Å². The van der Waals surface area contributed by atoms with Crippen molar-refractivity contribution in [2.24, 2.45) is 5.41 Å². The molecule has 18 heavy (non-hydrogen) atoms. The average Bonchev–Trinajstić information content (AvgIpc) is 2.27. The van der Waals surface area contributed by atoms with Crippen molar-refractivity contribution in [3.05, 3.63) is 29.8 Å². The fourth-order valence-corrected chi connectivity index (χ4v) is 3.07. The van der Waals surface area contributed by atoms with E-state index >= 15 is 0 Å². The molecule has 1 aromatic rings. The third-order valence-electron chi connectivity index (χ3n) is 4.15. The molecule has 0 spiro atoms. The second-order valence-corrected chi connectivity index (χ2v) is 8.52. The van der Waals surface area contributed by atoms with Gasteiger partial charge >= 0.3 is 0 Å². The van der Waals surface area contributed by atoms with Crippen LogP contribution in [-0.2, 0) is 15.3 Å². The monoisotopic (exact) mass is 268 g/mol. The van der Waals surface area contributed by atoms with Crippen molar-refractivity contribution in [3.8, 4) is 0 Å². The van der Waals surface area contributed by atoms with Gasteiger partial charge in [-0.15, -0.1) is 0 Å². The Morgan fingerprint density at radius 2 is 1.50 bits per heavy atom. The molecule has 0 radical (unpaired) electrons.